The van der Waals surface area contributed by atoms with E-state index in [2.05, 4.69) is 6.58 Å². The van der Waals surface area contributed by atoms with E-state index in [4.69, 9.17) is 23.9 Å². The summed E-state index contributed by atoms with van der Waals surface area (Å²) >= 11 is 1.30. The number of thiazole rings is 1. The smallest absolute Gasteiger partial charge is 0.301 e. The quantitative estimate of drug-likeness (QED) is 0.117. The van der Waals surface area contributed by atoms with Crippen LogP contribution in [-0.2, 0) is 9.59 Å². The van der Waals surface area contributed by atoms with Crippen LogP contribution < -0.4 is 23.8 Å². The molecular weight excluding hydrogens is 556 g/mol. The lowest BCUT2D eigenvalue weighted by Crippen LogP contribution is -2.29. The SMILES string of the molecule is C=CCOc1ccc(C2/C(=C(/O)c3ccc4c(c3)OCCO4)C(=O)C(=O)N2c2nc3ccc(C)cc3s2)cc1OCC. The van der Waals surface area contributed by atoms with E-state index in [0.717, 1.165) is 10.3 Å². The van der Waals surface area contributed by atoms with Gasteiger partial charge >= 0.3 is 5.91 Å². The number of aryl methyl sites for hydroxylation is 1. The molecule has 1 amide bonds. The molecule has 0 aliphatic carbocycles. The predicted molar refractivity (Wildman–Crippen MR) is 160 cm³/mol. The third kappa shape index (κ3) is 4.83. The Morgan fingerprint density at radius 2 is 1.88 bits per heavy atom. The number of fused-ring (bicyclic) bond motifs is 2. The summed E-state index contributed by atoms with van der Waals surface area (Å²) in [5, 5.41) is 12.0. The van der Waals surface area contributed by atoms with Gasteiger partial charge in [-0.3, -0.25) is 14.5 Å². The van der Waals surface area contributed by atoms with Crippen LogP contribution in [0.25, 0.3) is 16.0 Å². The minimum atomic E-state index is -0.993. The number of nitrogens with zero attached hydrogens (tertiary/aromatic N) is 2. The largest absolute Gasteiger partial charge is 0.507 e. The molecule has 2 aliphatic heterocycles. The van der Waals surface area contributed by atoms with E-state index in [1.807, 2.05) is 32.0 Å². The molecule has 1 unspecified atom stereocenters. The van der Waals surface area contributed by atoms with Gasteiger partial charge in [0.25, 0.3) is 5.78 Å². The fraction of sp³-hybridized carbons (Fsp3) is 0.219. The van der Waals surface area contributed by atoms with E-state index >= 15 is 0 Å². The fourth-order valence-electron chi connectivity index (χ4n) is 5.05. The number of ether oxygens (including phenoxy) is 4. The summed E-state index contributed by atoms with van der Waals surface area (Å²) in [6.07, 6.45) is 1.63. The molecule has 0 saturated carbocycles. The van der Waals surface area contributed by atoms with Crippen molar-refractivity contribution in [2.45, 2.75) is 19.9 Å². The summed E-state index contributed by atoms with van der Waals surface area (Å²) in [5.74, 6) is -0.0511. The molecule has 2 aliphatic rings. The van der Waals surface area contributed by atoms with Crippen molar-refractivity contribution in [3.8, 4) is 23.0 Å². The summed E-state index contributed by atoms with van der Waals surface area (Å²) in [5.41, 5.74) is 2.54. The van der Waals surface area contributed by atoms with E-state index < -0.39 is 17.7 Å². The van der Waals surface area contributed by atoms with Crippen molar-refractivity contribution in [1.29, 1.82) is 0 Å². The van der Waals surface area contributed by atoms with Crippen LogP contribution in [0.2, 0.25) is 0 Å². The van der Waals surface area contributed by atoms with Gasteiger partial charge in [-0.1, -0.05) is 36.1 Å². The van der Waals surface area contributed by atoms with E-state index in [1.165, 1.54) is 16.2 Å². The zero-order valence-electron chi connectivity index (χ0n) is 23.1. The zero-order valence-corrected chi connectivity index (χ0v) is 23.9. The lowest BCUT2D eigenvalue weighted by molar-refractivity contribution is -0.132. The maximum atomic E-state index is 13.7. The summed E-state index contributed by atoms with van der Waals surface area (Å²) < 4.78 is 23.8. The van der Waals surface area contributed by atoms with Crippen molar-refractivity contribution >= 4 is 44.1 Å². The van der Waals surface area contributed by atoms with Crippen molar-refractivity contribution in [3.63, 3.8) is 0 Å². The van der Waals surface area contributed by atoms with Gasteiger partial charge in [-0.05, 0) is 67.4 Å². The zero-order chi connectivity index (χ0) is 29.4. The van der Waals surface area contributed by atoms with Gasteiger partial charge in [0, 0.05) is 5.56 Å². The molecule has 1 fully saturated rings. The lowest BCUT2D eigenvalue weighted by atomic mass is 9.95. The number of hydrogen-bond acceptors (Lipinski definition) is 9. The van der Waals surface area contributed by atoms with E-state index in [1.54, 1.807) is 42.5 Å². The van der Waals surface area contributed by atoms with Gasteiger partial charge in [-0.15, -0.1) is 0 Å². The van der Waals surface area contributed by atoms with E-state index in [-0.39, 0.29) is 17.9 Å². The molecule has 214 valence electrons. The number of aromatic nitrogens is 1. The normalized spacial score (nSPS) is 17.5. The third-order valence-corrected chi connectivity index (χ3v) is 7.96. The Balaban J connectivity index is 1.54. The Hall–Kier alpha value is -4.83. The Labute approximate surface area is 246 Å². The first-order chi connectivity index (χ1) is 20.4. The number of hydrogen-bond donors (Lipinski definition) is 1. The maximum absolute atomic E-state index is 13.7. The van der Waals surface area contributed by atoms with Crippen LogP contribution in [0.1, 0.15) is 29.7 Å². The van der Waals surface area contributed by atoms with Gasteiger partial charge in [0.1, 0.15) is 25.6 Å². The molecular formula is C32H28N2O7S. The summed E-state index contributed by atoms with van der Waals surface area (Å²) in [6, 6.07) is 14.9. The molecule has 0 bridgehead atoms. The Morgan fingerprint density at radius 3 is 2.67 bits per heavy atom. The molecule has 1 saturated heterocycles. The molecule has 6 rings (SSSR count). The molecule has 3 aromatic carbocycles. The highest BCUT2D eigenvalue weighted by Crippen LogP contribution is 2.46. The highest BCUT2D eigenvalue weighted by atomic mass is 32.1. The molecule has 9 nitrogen and oxygen atoms in total. The highest BCUT2D eigenvalue weighted by molar-refractivity contribution is 7.22. The number of benzene rings is 3. The van der Waals surface area contributed by atoms with Gasteiger partial charge in [0.15, 0.2) is 28.1 Å². The number of aliphatic hydroxyl groups excluding tert-OH is 1. The van der Waals surface area contributed by atoms with E-state index in [9.17, 15) is 14.7 Å². The second kappa shape index (κ2) is 11.2. The first-order valence-corrected chi connectivity index (χ1v) is 14.3. The fourth-order valence-corrected chi connectivity index (χ4v) is 6.14. The Bertz CT molecular complexity index is 1760. The molecule has 1 N–H and O–H groups in total. The number of amides is 1. The van der Waals surface area contributed by atoms with Gasteiger partial charge in [0.05, 0.1) is 28.4 Å². The van der Waals surface area contributed by atoms with Crippen molar-refractivity contribution in [2.24, 2.45) is 0 Å². The number of carbonyl (C=O) groups excluding carboxylic acids is 2. The molecule has 10 heteroatoms. The van der Waals surface area contributed by atoms with Crippen LogP contribution in [0.15, 0.2) is 72.8 Å². The van der Waals surface area contributed by atoms with Crippen LogP contribution in [0, 0.1) is 6.92 Å². The number of aliphatic hydroxyl groups is 1. The average molecular weight is 585 g/mol. The molecule has 0 radical (unpaired) electrons. The number of Topliss-reactive ketones (excluding diaryl/α,β-unsaturated/α-hetero) is 1. The number of carbonyl (C=O) groups is 2. The minimum Gasteiger partial charge on any atom is -0.507 e. The summed E-state index contributed by atoms with van der Waals surface area (Å²) in [4.78, 5) is 33.5. The van der Waals surface area contributed by atoms with Crippen LogP contribution in [0.3, 0.4) is 0 Å². The number of anilines is 1. The Morgan fingerprint density at radius 1 is 1.07 bits per heavy atom. The lowest BCUT2D eigenvalue weighted by Gasteiger charge is -2.24. The minimum absolute atomic E-state index is 0.0747. The number of rotatable bonds is 8. The van der Waals surface area contributed by atoms with Crippen molar-refractivity contribution in [3.05, 3.63) is 89.5 Å². The number of ketones is 1. The van der Waals surface area contributed by atoms with Crippen molar-refractivity contribution in [1.82, 2.24) is 4.98 Å². The average Bonchev–Trinajstić information content (AvgIpc) is 3.53. The van der Waals surface area contributed by atoms with Gasteiger partial charge in [-0.2, -0.15) is 0 Å². The first-order valence-electron chi connectivity index (χ1n) is 13.5. The van der Waals surface area contributed by atoms with Crippen molar-refractivity contribution < 1.29 is 33.6 Å². The van der Waals surface area contributed by atoms with Gasteiger partial charge < -0.3 is 24.1 Å². The maximum Gasteiger partial charge on any atom is 0.301 e. The monoisotopic (exact) mass is 584 g/mol. The first kappa shape index (κ1) is 27.3. The Kier molecular flexibility index (Phi) is 7.30. The van der Waals surface area contributed by atoms with E-state index in [0.29, 0.717) is 64.6 Å². The second-order valence-electron chi connectivity index (χ2n) is 9.73. The van der Waals surface area contributed by atoms with Crippen molar-refractivity contribution in [2.75, 3.05) is 31.3 Å². The highest BCUT2D eigenvalue weighted by Gasteiger charge is 2.48. The standard InChI is InChI=1S/C32H28N2O7S/c1-4-12-39-22-10-7-19(16-24(22)38-5-2)28-27(29(35)20-8-11-23-25(17-20)41-14-13-40-23)30(36)31(37)34(28)32-33-21-9-6-18(3)15-26(21)42-32/h4,6-11,15-17,28,35H,1,5,12-14H2,2-3H3/b29-27-. The summed E-state index contributed by atoms with van der Waals surface area (Å²) in [7, 11) is 0. The van der Waals surface area contributed by atoms with Crippen LogP contribution in [-0.4, -0.2) is 48.2 Å². The summed E-state index contributed by atoms with van der Waals surface area (Å²) in [6.45, 7) is 8.93. The molecule has 4 aromatic rings. The van der Waals surface area contributed by atoms with Crippen LogP contribution >= 0.6 is 11.3 Å². The topological polar surface area (TPSA) is 107 Å². The molecule has 0 spiro atoms. The van der Waals surface area contributed by atoms with Gasteiger partial charge in [-0.25, -0.2) is 4.98 Å². The molecule has 1 aromatic heterocycles. The molecule has 1 atom stereocenters. The third-order valence-electron chi connectivity index (χ3n) is 6.94. The molecule has 3 heterocycles. The van der Waals surface area contributed by atoms with Crippen LogP contribution in [0.4, 0.5) is 5.13 Å². The van der Waals surface area contributed by atoms with Gasteiger partial charge in [0.2, 0.25) is 0 Å². The van der Waals surface area contributed by atoms with Crippen LogP contribution in [0.5, 0.6) is 23.0 Å². The second-order valence-corrected chi connectivity index (χ2v) is 10.7. The molecule has 42 heavy (non-hydrogen) atoms. The predicted octanol–water partition coefficient (Wildman–Crippen LogP) is 5.97.